The number of hydrogen-bond donors (Lipinski definition) is 1. The lowest BCUT2D eigenvalue weighted by Gasteiger charge is -2.03. The Labute approximate surface area is 105 Å². The number of nitrogens with zero attached hydrogens (tertiary/aromatic N) is 1. The van der Waals surface area contributed by atoms with Gasteiger partial charge >= 0.3 is 5.97 Å². The second-order valence-corrected chi connectivity index (χ2v) is 4.47. The minimum atomic E-state index is -1.17. The SMILES string of the molecule is O=C(O)c1cc(Sc2cc(F)ccc2F)ccn1. The molecule has 0 atom stereocenters. The van der Waals surface area contributed by atoms with Gasteiger partial charge in [0.1, 0.15) is 17.3 Å². The van der Waals surface area contributed by atoms with Crippen LogP contribution in [-0.4, -0.2) is 16.1 Å². The number of benzene rings is 1. The molecule has 0 saturated heterocycles. The summed E-state index contributed by atoms with van der Waals surface area (Å²) in [6, 6.07) is 5.94. The van der Waals surface area contributed by atoms with Crippen LogP contribution in [0.25, 0.3) is 0 Å². The van der Waals surface area contributed by atoms with Crippen molar-refractivity contribution >= 4 is 17.7 Å². The van der Waals surface area contributed by atoms with E-state index in [0.29, 0.717) is 4.90 Å². The maximum Gasteiger partial charge on any atom is 0.354 e. The third-order valence-electron chi connectivity index (χ3n) is 2.07. The third kappa shape index (κ3) is 2.84. The maximum atomic E-state index is 13.4. The number of rotatable bonds is 3. The van der Waals surface area contributed by atoms with Crippen LogP contribution in [0, 0.1) is 11.6 Å². The average molecular weight is 267 g/mol. The highest BCUT2D eigenvalue weighted by molar-refractivity contribution is 7.99. The summed E-state index contributed by atoms with van der Waals surface area (Å²) in [4.78, 5) is 14.9. The van der Waals surface area contributed by atoms with Crippen molar-refractivity contribution in [2.24, 2.45) is 0 Å². The first kappa shape index (κ1) is 12.5. The predicted octanol–water partition coefficient (Wildman–Crippen LogP) is 3.21. The summed E-state index contributed by atoms with van der Waals surface area (Å²) in [5, 5.41) is 8.77. The monoisotopic (exact) mass is 267 g/mol. The van der Waals surface area contributed by atoms with Crippen molar-refractivity contribution in [1.29, 1.82) is 0 Å². The number of halogens is 2. The van der Waals surface area contributed by atoms with Crippen LogP contribution in [0.1, 0.15) is 10.5 Å². The Morgan fingerprint density at radius 2 is 2.00 bits per heavy atom. The summed E-state index contributed by atoms with van der Waals surface area (Å²) in [6.45, 7) is 0. The maximum absolute atomic E-state index is 13.4. The zero-order chi connectivity index (χ0) is 13.1. The Morgan fingerprint density at radius 1 is 1.22 bits per heavy atom. The van der Waals surface area contributed by atoms with Gasteiger partial charge in [-0.2, -0.15) is 0 Å². The molecule has 0 aliphatic heterocycles. The molecule has 0 aliphatic rings. The summed E-state index contributed by atoms with van der Waals surface area (Å²) in [6.07, 6.45) is 1.31. The van der Waals surface area contributed by atoms with Gasteiger partial charge in [0.05, 0.1) is 4.90 Å². The molecule has 1 heterocycles. The molecule has 18 heavy (non-hydrogen) atoms. The Balaban J connectivity index is 2.31. The summed E-state index contributed by atoms with van der Waals surface area (Å²) >= 11 is 0.942. The Morgan fingerprint density at radius 3 is 2.72 bits per heavy atom. The molecule has 0 unspecified atom stereocenters. The van der Waals surface area contributed by atoms with E-state index in [2.05, 4.69) is 4.98 Å². The van der Waals surface area contributed by atoms with Crippen LogP contribution in [0.5, 0.6) is 0 Å². The Kier molecular flexibility index (Phi) is 3.57. The van der Waals surface area contributed by atoms with E-state index in [0.717, 1.165) is 30.0 Å². The molecule has 0 amide bonds. The van der Waals surface area contributed by atoms with Gasteiger partial charge in [-0.1, -0.05) is 11.8 Å². The number of pyridine rings is 1. The lowest BCUT2D eigenvalue weighted by molar-refractivity contribution is 0.0690. The zero-order valence-electron chi connectivity index (χ0n) is 8.93. The molecule has 92 valence electrons. The van der Waals surface area contributed by atoms with Crippen molar-refractivity contribution < 1.29 is 18.7 Å². The van der Waals surface area contributed by atoms with Crippen LogP contribution in [0.2, 0.25) is 0 Å². The minimum absolute atomic E-state index is 0.0949. The van der Waals surface area contributed by atoms with Gasteiger partial charge in [-0.25, -0.2) is 18.6 Å². The van der Waals surface area contributed by atoms with Crippen LogP contribution in [0.4, 0.5) is 8.78 Å². The topological polar surface area (TPSA) is 50.2 Å². The largest absolute Gasteiger partial charge is 0.477 e. The highest BCUT2D eigenvalue weighted by atomic mass is 32.2. The molecule has 0 saturated carbocycles. The van der Waals surface area contributed by atoms with Gasteiger partial charge in [0.2, 0.25) is 0 Å². The highest BCUT2D eigenvalue weighted by Gasteiger charge is 2.09. The number of aromatic carboxylic acids is 1. The molecule has 0 fully saturated rings. The van der Waals surface area contributed by atoms with Gasteiger partial charge in [0.25, 0.3) is 0 Å². The third-order valence-corrected chi connectivity index (χ3v) is 3.09. The molecule has 0 aliphatic carbocycles. The smallest absolute Gasteiger partial charge is 0.354 e. The van der Waals surface area contributed by atoms with E-state index in [1.54, 1.807) is 0 Å². The first-order valence-electron chi connectivity index (χ1n) is 4.88. The number of hydrogen-bond acceptors (Lipinski definition) is 3. The van der Waals surface area contributed by atoms with Gasteiger partial charge in [-0.05, 0) is 30.3 Å². The van der Waals surface area contributed by atoms with Gasteiger partial charge in [-0.3, -0.25) is 0 Å². The quantitative estimate of drug-likeness (QED) is 0.927. The second kappa shape index (κ2) is 5.14. The first-order chi connectivity index (χ1) is 8.56. The molecular weight excluding hydrogens is 260 g/mol. The lowest BCUT2D eigenvalue weighted by Crippen LogP contribution is -1.99. The van der Waals surface area contributed by atoms with Crippen LogP contribution >= 0.6 is 11.8 Å². The van der Waals surface area contributed by atoms with E-state index in [1.807, 2.05) is 0 Å². The van der Waals surface area contributed by atoms with Crippen molar-refractivity contribution in [3.8, 4) is 0 Å². The standard InChI is InChI=1S/C12H7F2NO2S/c13-7-1-2-9(14)11(5-7)18-8-3-4-15-10(6-8)12(16)17/h1-6H,(H,16,17). The summed E-state index contributed by atoms with van der Waals surface area (Å²) in [5.41, 5.74) is -0.142. The van der Waals surface area contributed by atoms with E-state index >= 15 is 0 Å². The van der Waals surface area contributed by atoms with Crippen molar-refractivity contribution in [2.75, 3.05) is 0 Å². The van der Waals surface area contributed by atoms with Gasteiger partial charge in [0, 0.05) is 11.1 Å². The molecule has 1 aromatic heterocycles. The summed E-state index contributed by atoms with van der Waals surface area (Å²) in [7, 11) is 0. The van der Waals surface area contributed by atoms with Crippen molar-refractivity contribution in [3.05, 3.63) is 53.9 Å². The molecule has 3 nitrogen and oxygen atoms in total. The van der Waals surface area contributed by atoms with E-state index in [1.165, 1.54) is 18.3 Å². The fourth-order valence-electron chi connectivity index (χ4n) is 1.27. The zero-order valence-corrected chi connectivity index (χ0v) is 9.75. The first-order valence-corrected chi connectivity index (χ1v) is 5.70. The molecule has 2 aromatic rings. The Bertz CT molecular complexity index is 604. The van der Waals surface area contributed by atoms with Gasteiger partial charge < -0.3 is 5.11 Å². The molecule has 0 spiro atoms. The molecular formula is C12H7F2NO2S. The highest BCUT2D eigenvalue weighted by Crippen LogP contribution is 2.30. The summed E-state index contributed by atoms with van der Waals surface area (Å²) < 4.78 is 26.4. The average Bonchev–Trinajstić information content (AvgIpc) is 2.34. The lowest BCUT2D eigenvalue weighted by atomic mass is 10.3. The fraction of sp³-hybridized carbons (Fsp3) is 0. The van der Waals surface area contributed by atoms with Crippen molar-refractivity contribution in [3.63, 3.8) is 0 Å². The number of carbonyl (C=O) groups is 1. The van der Waals surface area contributed by atoms with E-state index in [-0.39, 0.29) is 10.6 Å². The van der Waals surface area contributed by atoms with Crippen LogP contribution < -0.4 is 0 Å². The van der Waals surface area contributed by atoms with Gasteiger partial charge in [-0.15, -0.1) is 0 Å². The van der Waals surface area contributed by atoms with E-state index in [9.17, 15) is 13.6 Å². The van der Waals surface area contributed by atoms with Crippen molar-refractivity contribution in [2.45, 2.75) is 9.79 Å². The molecule has 2 rings (SSSR count). The fourth-order valence-corrected chi connectivity index (χ4v) is 2.16. The van der Waals surface area contributed by atoms with Gasteiger partial charge in [0.15, 0.2) is 0 Å². The van der Waals surface area contributed by atoms with Crippen LogP contribution in [0.3, 0.4) is 0 Å². The van der Waals surface area contributed by atoms with Crippen molar-refractivity contribution in [1.82, 2.24) is 4.98 Å². The minimum Gasteiger partial charge on any atom is -0.477 e. The van der Waals surface area contributed by atoms with Crippen LogP contribution in [-0.2, 0) is 0 Å². The van der Waals surface area contributed by atoms with E-state index in [4.69, 9.17) is 5.11 Å². The molecule has 6 heteroatoms. The second-order valence-electron chi connectivity index (χ2n) is 3.36. The molecule has 0 bridgehead atoms. The normalized spacial score (nSPS) is 10.3. The predicted molar refractivity (Wildman–Crippen MR) is 61.7 cm³/mol. The summed E-state index contributed by atoms with van der Waals surface area (Å²) in [5.74, 6) is -2.28. The van der Waals surface area contributed by atoms with E-state index < -0.39 is 17.6 Å². The number of carboxylic acid groups (broad SMARTS) is 1. The molecule has 0 radical (unpaired) electrons. The number of carboxylic acids is 1. The Hall–Kier alpha value is -1.95. The molecule has 1 aromatic carbocycles. The van der Waals surface area contributed by atoms with Crippen LogP contribution in [0.15, 0.2) is 46.3 Å². The molecule has 1 N–H and O–H groups in total. The number of aromatic nitrogens is 1.